The topological polar surface area (TPSA) is 37.8 Å². The molecule has 1 aromatic rings. The summed E-state index contributed by atoms with van der Waals surface area (Å²) in [7, 11) is 0. The highest BCUT2D eigenvalue weighted by atomic mass is 32.2. The van der Waals surface area contributed by atoms with Crippen LogP contribution in [0.3, 0.4) is 0 Å². The zero-order chi connectivity index (χ0) is 11.9. The van der Waals surface area contributed by atoms with Gasteiger partial charge in [-0.05, 0) is 50.5 Å². The Morgan fingerprint density at radius 1 is 1.24 bits per heavy atom. The molecule has 0 radical (unpaired) electrons. The second-order valence-electron chi connectivity index (χ2n) is 4.48. The molecule has 0 bridgehead atoms. The van der Waals surface area contributed by atoms with E-state index in [0.717, 1.165) is 25.2 Å². The Hall–Kier alpha value is -0.770. The summed E-state index contributed by atoms with van der Waals surface area (Å²) in [4.78, 5) is 8.77. The molecule has 17 heavy (non-hydrogen) atoms. The van der Waals surface area contributed by atoms with E-state index in [1.54, 1.807) is 6.33 Å². The zero-order valence-electron chi connectivity index (χ0n) is 10.5. The minimum atomic E-state index is 1.03. The SMILES string of the molecule is CSCCCCNc1ncnc2c1CCCC2. The van der Waals surface area contributed by atoms with Crippen LogP contribution < -0.4 is 5.32 Å². The Morgan fingerprint density at radius 3 is 3.00 bits per heavy atom. The Labute approximate surface area is 108 Å². The highest BCUT2D eigenvalue weighted by Crippen LogP contribution is 2.24. The first-order valence-electron chi connectivity index (χ1n) is 6.47. The molecule has 0 aliphatic heterocycles. The molecule has 0 aromatic carbocycles. The van der Waals surface area contributed by atoms with Crippen molar-refractivity contribution in [1.82, 2.24) is 9.97 Å². The fourth-order valence-electron chi connectivity index (χ4n) is 2.25. The van der Waals surface area contributed by atoms with Crippen molar-refractivity contribution in [3.8, 4) is 0 Å². The monoisotopic (exact) mass is 251 g/mol. The van der Waals surface area contributed by atoms with Gasteiger partial charge in [0.15, 0.2) is 0 Å². The molecule has 3 nitrogen and oxygen atoms in total. The number of hydrogen-bond donors (Lipinski definition) is 1. The minimum absolute atomic E-state index is 1.03. The van der Waals surface area contributed by atoms with Crippen LogP contribution in [0.15, 0.2) is 6.33 Å². The Balaban J connectivity index is 1.87. The normalized spacial score (nSPS) is 14.4. The molecule has 0 unspecified atom stereocenters. The van der Waals surface area contributed by atoms with Crippen molar-refractivity contribution < 1.29 is 0 Å². The number of unbranched alkanes of at least 4 members (excludes halogenated alkanes) is 1. The summed E-state index contributed by atoms with van der Waals surface area (Å²) >= 11 is 1.92. The lowest BCUT2D eigenvalue weighted by molar-refractivity contribution is 0.662. The number of anilines is 1. The number of aryl methyl sites for hydroxylation is 1. The fourth-order valence-corrected chi connectivity index (χ4v) is 2.74. The van der Waals surface area contributed by atoms with E-state index in [1.165, 1.54) is 42.7 Å². The van der Waals surface area contributed by atoms with E-state index in [2.05, 4.69) is 21.5 Å². The first-order valence-corrected chi connectivity index (χ1v) is 7.87. The van der Waals surface area contributed by atoms with E-state index in [4.69, 9.17) is 0 Å². The van der Waals surface area contributed by atoms with E-state index in [9.17, 15) is 0 Å². The summed E-state index contributed by atoms with van der Waals surface area (Å²) in [5, 5.41) is 3.47. The lowest BCUT2D eigenvalue weighted by Crippen LogP contribution is -2.12. The van der Waals surface area contributed by atoms with Gasteiger partial charge < -0.3 is 5.32 Å². The van der Waals surface area contributed by atoms with E-state index >= 15 is 0 Å². The summed E-state index contributed by atoms with van der Waals surface area (Å²) in [5.41, 5.74) is 2.63. The zero-order valence-corrected chi connectivity index (χ0v) is 11.4. The third kappa shape index (κ3) is 3.60. The quantitative estimate of drug-likeness (QED) is 0.789. The van der Waals surface area contributed by atoms with Gasteiger partial charge in [-0.2, -0.15) is 11.8 Å². The molecule has 4 heteroatoms. The molecule has 0 saturated carbocycles. The van der Waals surface area contributed by atoms with Crippen molar-refractivity contribution >= 4 is 17.6 Å². The summed E-state index contributed by atoms with van der Waals surface area (Å²) < 4.78 is 0. The van der Waals surface area contributed by atoms with E-state index < -0.39 is 0 Å². The van der Waals surface area contributed by atoms with Crippen LogP contribution in [-0.2, 0) is 12.8 Å². The molecule has 0 amide bonds. The van der Waals surface area contributed by atoms with Gasteiger partial charge in [0.1, 0.15) is 12.1 Å². The summed E-state index contributed by atoms with van der Waals surface area (Å²) in [6.07, 6.45) is 11.2. The van der Waals surface area contributed by atoms with Gasteiger partial charge in [0.25, 0.3) is 0 Å². The number of rotatable bonds is 6. The predicted octanol–water partition coefficient (Wildman–Crippen LogP) is 2.91. The third-order valence-corrected chi connectivity index (χ3v) is 3.89. The second-order valence-corrected chi connectivity index (χ2v) is 5.47. The molecular formula is C13H21N3S. The fraction of sp³-hybridized carbons (Fsp3) is 0.692. The smallest absolute Gasteiger partial charge is 0.132 e. The largest absolute Gasteiger partial charge is 0.370 e. The Bertz CT molecular complexity index is 355. The number of hydrogen-bond acceptors (Lipinski definition) is 4. The van der Waals surface area contributed by atoms with Crippen LogP contribution in [0.25, 0.3) is 0 Å². The summed E-state index contributed by atoms with van der Waals surface area (Å²) in [6, 6.07) is 0. The van der Waals surface area contributed by atoms with Crippen molar-refractivity contribution in [3.63, 3.8) is 0 Å². The molecule has 1 heterocycles. The molecule has 0 fully saturated rings. The van der Waals surface area contributed by atoms with Crippen LogP contribution in [0.2, 0.25) is 0 Å². The number of thioether (sulfide) groups is 1. The van der Waals surface area contributed by atoms with Gasteiger partial charge in [-0.15, -0.1) is 0 Å². The van der Waals surface area contributed by atoms with Crippen LogP contribution in [-0.4, -0.2) is 28.5 Å². The molecule has 1 aromatic heterocycles. The highest BCUT2D eigenvalue weighted by molar-refractivity contribution is 7.98. The van der Waals surface area contributed by atoms with Crippen LogP contribution in [0.1, 0.15) is 36.9 Å². The van der Waals surface area contributed by atoms with Crippen molar-refractivity contribution in [2.24, 2.45) is 0 Å². The average Bonchev–Trinajstić information content (AvgIpc) is 2.39. The number of fused-ring (bicyclic) bond motifs is 1. The molecule has 2 rings (SSSR count). The molecule has 0 spiro atoms. The van der Waals surface area contributed by atoms with Gasteiger partial charge in [0, 0.05) is 17.8 Å². The van der Waals surface area contributed by atoms with Crippen LogP contribution in [0.4, 0.5) is 5.82 Å². The van der Waals surface area contributed by atoms with Crippen molar-refractivity contribution in [2.45, 2.75) is 38.5 Å². The lowest BCUT2D eigenvalue weighted by Gasteiger charge is -2.17. The molecular weight excluding hydrogens is 230 g/mol. The van der Waals surface area contributed by atoms with Crippen molar-refractivity contribution in [3.05, 3.63) is 17.6 Å². The maximum atomic E-state index is 4.38. The van der Waals surface area contributed by atoms with Gasteiger partial charge in [0.2, 0.25) is 0 Å². The Kier molecular flexibility index (Phi) is 5.10. The summed E-state index contributed by atoms with van der Waals surface area (Å²) in [6.45, 7) is 1.03. The second kappa shape index (κ2) is 6.84. The number of nitrogens with one attached hydrogen (secondary N) is 1. The van der Waals surface area contributed by atoms with E-state index in [1.807, 2.05) is 11.8 Å². The van der Waals surface area contributed by atoms with Gasteiger partial charge in [-0.1, -0.05) is 0 Å². The van der Waals surface area contributed by atoms with Crippen molar-refractivity contribution in [1.29, 1.82) is 0 Å². The first-order chi connectivity index (χ1) is 8.42. The van der Waals surface area contributed by atoms with E-state index in [0.29, 0.717) is 0 Å². The van der Waals surface area contributed by atoms with Gasteiger partial charge >= 0.3 is 0 Å². The van der Waals surface area contributed by atoms with Crippen molar-refractivity contribution in [2.75, 3.05) is 23.9 Å². The predicted molar refractivity (Wildman–Crippen MR) is 74.8 cm³/mol. The lowest BCUT2D eigenvalue weighted by atomic mass is 9.96. The molecule has 94 valence electrons. The maximum Gasteiger partial charge on any atom is 0.132 e. The standard InChI is InChI=1S/C13H21N3S/c1-17-9-5-4-8-14-13-11-6-2-3-7-12(11)15-10-16-13/h10H,2-9H2,1H3,(H,14,15,16). The van der Waals surface area contributed by atoms with Crippen LogP contribution in [0.5, 0.6) is 0 Å². The molecule has 0 atom stereocenters. The average molecular weight is 251 g/mol. The number of nitrogens with zero attached hydrogens (tertiary/aromatic N) is 2. The highest BCUT2D eigenvalue weighted by Gasteiger charge is 2.14. The molecule has 1 aliphatic carbocycles. The number of aromatic nitrogens is 2. The maximum absolute atomic E-state index is 4.38. The summed E-state index contributed by atoms with van der Waals surface area (Å²) in [5.74, 6) is 2.34. The first kappa shape index (κ1) is 12.7. The van der Waals surface area contributed by atoms with Crippen LogP contribution in [0, 0.1) is 0 Å². The van der Waals surface area contributed by atoms with Crippen LogP contribution >= 0.6 is 11.8 Å². The third-order valence-electron chi connectivity index (χ3n) is 3.19. The van der Waals surface area contributed by atoms with Gasteiger partial charge in [0.05, 0.1) is 0 Å². The van der Waals surface area contributed by atoms with E-state index in [-0.39, 0.29) is 0 Å². The molecule has 1 aliphatic rings. The molecule has 1 N–H and O–H groups in total. The van der Waals surface area contributed by atoms with Gasteiger partial charge in [-0.25, -0.2) is 9.97 Å². The Morgan fingerprint density at radius 2 is 2.12 bits per heavy atom. The molecule has 0 saturated heterocycles. The minimum Gasteiger partial charge on any atom is -0.370 e. The van der Waals surface area contributed by atoms with Gasteiger partial charge in [-0.3, -0.25) is 0 Å².